The first-order chi connectivity index (χ1) is 7.22. The molecule has 0 heterocycles. The van der Waals surface area contributed by atoms with E-state index in [0.29, 0.717) is 0 Å². The van der Waals surface area contributed by atoms with Gasteiger partial charge in [-0.2, -0.15) is 4.91 Å². The van der Waals surface area contributed by atoms with Crippen molar-refractivity contribution < 1.29 is 9.53 Å². The van der Waals surface area contributed by atoms with Crippen molar-refractivity contribution in [1.82, 2.24) is 5.32 Å². The molecule has 0 aromatic heterocycles. The minimum atomic E-state index is -0.300. The second kappa shape index (κ2) is 5.80. The van der Waals surface area contributed by atoms with E-state index in [1.165, 1.54) is 13.5 Å². The fourth-order valence-corrected chi connectivity index (χ4v) is 2.07. The zero-order chi connectivity index (χ0) is 11.1. The van der Waals surface area contributed by atoms with Crippen LogP contribution in [0.3, 0.4) is 0 Å². The molecule has 1 aliphatic rings. The predicted octanol–water partition coefficient (Wildman–Crippen LogP) is 1.22. The van der Waals surface area contributed by atoms with Crippen molar-refractivity contribution in [2.45, 2.75) is 37.6 Å². The van der Waals surface area contributed by atoms with Gasteiger partial charge in [-0.25, -0.2) is 0 Å². The van der Waals surface area contributed by atoms with E-state index in [1.54, 1.807) is 0 Å². The van der Waals surface area contributed by atoms with Crippen LogP contribution in [0.4, 0.5) is 0 Å². The summed E-state index contributed by atoms with van der Waals surface area (Å²) >= 11 is 0. The molecule has 1 N–H and O–H groups in total. The Bertz CT molecular complexity index is 225. The van der Waals surface area contributed by atoms with E-state index in [0.717, 1.165) is 25.7 Å². The summed E-state index contributed by atoms with van der Waals surface area (Å²) in [5.74, 6) is -0.300. The Balaban J connectivity index is 2.48. The molecule has 15 heavy (non-hydrogen) atoms. The number of nitrogens with one attached hydrogen (secondary N) is 1. The van der Waals surface area contributed by atoms with Crippen LogP contribution < -0.4 is 5.32 Å². The zero-order valence-electron chi connectivity index (χ0n) is 9.12. The Morgan fingerprint density at radius 3 is 2.60 bits per heavy atom. The van der Waals surface area contributed by atoms with E-state index < -0.39 is 0 Å². The highest BCUT2D eigenvalue weighted by molar-refractivity contribution is 5.71. The largest absolute Gasteiger partial charge is 0.468 e. The standard InChI is InChI=1S/C10H18N2O3/c1-15-9(13)7-11-10(8-12-14)5-3-2-4-6-10/h11H,2-8H2,1H3. The van der Waals surface area contributed by atoms with Crippen molar-refractivity contribution in [3.8, 4) is 0 Å². The molecule has 1 saturated carbocycles. The van der Waals surface area contributed by atoms with Crippen LogP contribution in [0.5, 0.6) is 0 Å². The number of rotatable bonds is 5. The molecule has 0 saturated heterocycles. The maximum Gasteiger partial charge on any atom is 0.319 e. The van der Waals surface area contributed by atoms with Crippen molar-refractivity contribution in [1.29, 1.82) is 0 Å². The lowest BCUT2D eigenvalue weighted by Crippen LogP contribution is -2.51. The molecule has 0 atom stereocenters. The van der Waals surface area contributed by atoms with Gasteiger partial charge in [0.15, 0.2) is 0 Å². The molecule has 0 radical (unpaired) electrons. The number of carbonyl (C=O) groups is 1. The third-order valence-corrected chi connectivity index (χ3v) is 3.01. The topological polar surface area (TPSA) is 67.8 Å². The minimum absolute atomic E-state index is 0.159. The number of esters is 1. The first-order valence-electron chi connectivity index (χ1n) is 5.33. The highest BCUT2D eigenvalue weighted by Crippen LogP contribution is 2.28. The average Bonchev–Trinajstić information content (AvgIpc) is 2.28. The van der Waals surface area contributed by atoms with Crippen LogP contribution in [0.15, 0.2) is 5.18 Å². The Kier molecular flexibility index (Phi) is 4.68. The summed E-state index contributed by atoms with van der Waals surface area (Å²) in [6.45, 7) is 0.399. The lowest BCUT2D eigenvalue weighted by molar-refractivity contribution is -0.140. The Morgan fingerprint density at radius 2 is 2.07 bits per heavy atom. The van der Waals surface area contributed by atoms with Gasteiger partial charge in [0.1, 0.15) is 0 Å². The van der Waals surface area contributed by atoms with Crippen molar-refractivity contribution in [3.63, 3.8) is 0 Å². The molecule has 5 nitrogen and oxygen atoms in total. The summed E-state index contributed by atoms with van der Waals surface area (Å²) < 4.78 is 4.55. The van der Waals surface area contributed by atoms with Gasteiger partial charge in [0.2, 0.25) is 0 Å². The van der Waals surface area contributed by atoms with Crippen LogP contribution in [0.25, 0.3) is 0 Å². The van der Waals surface area contributed by atoms with E-state index in [2.05, 4.69) is 15.2 Å². The van der Waals surface area contributed by atoms with Crippen molar-refractivity contribution >= 4 is 5.97 Å². The van der Waals surface area contributed by atoms with Gasteiger partial charge in [-0.15, -0.1) is 0 Å². The predicted molar refractivity (Wildman–Crippen MR) is 56.5 cm³/mol. The fourth-order valence-electron chi connectivity index (χ4n) is 2.07. The molecule has 86 valence electrons. The third kappa shape index (κ3) is 3.58. The number of ether oxygens (including phenoxy) is 1. The average molecular weight is 214 g/mol. The second-order valence-electron chi connectivity index (χ2n) is 4.06. The monoisotopic (exact) mass is 214 g/mol. The third-order valence-electron chi connectivity index (χ3n) is 3.01. The van der Waals surface area contributed by atoms with Gasteiger partial charge >= 0.3 is 5.97 Å². The summed E-state index contributed by atoms with van der Waals surface area (Å²) in [7, 11) is 1.36. The molecule has 1 aliphatic carbocycles. The maximum atomic E-state index is 11.0. The SMILES string of the molecule is COC(=O)CNC1(CN=O)CCCCC1. The van der Waals surface area contributed by atoms with Gasteiger partial charge in [-0.1, -0.05) is 24.4 Å². The summed E-state index contributed by atoms with van der Waals surface area (Å²) in [6.07, 6.45) is 5.19. The second-order valence-corrected chi connectivity index (χ2v) is 4.06. The molecular weight excluding hydrogens is 196 g/mol. The molecule has 0 aliphatic heterocycles. The van der Waals surface area contributed by atoms with E-state index in [-0.39, 0.29) is 24.6 Å². The van der Waals surface area contributed by atoms with Crippen LogP contribution in [-0.4, -0.2) is 31.7 Å². The van der Waals surface area contributed by atoms with Gasteiger partial charge in [0, 0.05) is 5.54 Å². The molecule has 0 aromatic rings. The Morgan fingerprint density at radius 1 is 1.40 bits per heavy atom. The van der Waals surface area contributed by atoms with E-state index >= 15 is 0 Å². The van der Waals surface area contributed by atoms with Gasteiger partial charge < -0.3 is 4.74 Å². The number of carbonyl (C=O) groups excluding carboxylic acids is 1. The fraction of sp³-hybridized carbons (Fsp3) is 0.900. The Hall–Kier alpha value is -0.970. The van der Waals surface area contributed by atoms with Gasteiger partial charge in [-0.3, -0.25) is 10.1 Å². The first-order valence-corrected chi connectivity index (χ1v) is 5.33. The summed E-state index contributed by atoms with van der Waals surface area (Å²) in [5, 5.41) is 6.09. The number of nitrogens with zero attached hydrogens (tertiary/aromatic N) is 1. The van der Waals surface area contributed by atoms with E-state index in [1.807, 2.05) is 0 Å². The molecule has 1 rings (SSSR count). The molecule has 0 amide bonds. The number of nitroso groups, excluding NO2 is 1. The first kappa shape index (κ1) is 12.1. The van der Waals surface area contributed by atoms with Crippen LogP contribution in [0.2, 0.25) is 0 Å². The van der Waals surface area contributed by atoms with E-state index in [4.69, 9.17) is 0 Å². The lowest BCUT2D eigenvalue weighted by Gasteiger charge is -2.35. The normalized spacial score (nSPS) is 19.5. The summed E-state index contributed by atoms with van der Waals surface area (Å²) in [4.78, 5) is 21.4. The molecule has 0 spiro atoms. The van der Waals surface area contributed by atoms with Crippen LogP contribution in [0.1, 0.15) is 32.1 Å². The summed E-state index contributed by atoms with van der Waals surface area (Å²) in [5.41, 5.74) is -0.270. The number of hydrogen-bond donors (Lipinski definition) is 1. The van der Waals surface area contributed by atoms with Crippen LogP contribution in [-0.2, 0) is 9.53 Å². The quantitative estimate of drug-likeness (QED) is 0.552. The van der Waals surface area contributed by atoms with Gasteiger partial charge in [0.05, 0.1) is 20.2 Å². The molecule has 1 fully saturated rings. The lowest BCUT2D eigenvalue weighted by atomic mass is 9.81. The van der Waals surface area contributed by atoms with Crippen molar-refractivity contribution in [2.24, 2.45) is 5.18 Å². The zero-order valence-corrected chi connectivity index (χ0v) is 9.12. The highest BCUT2D eigenvalue weighted by Gasteiger charge is 2.32. The van der Waals surface area contributed by atoms with Crippen molar-refractivity contribution in [3.05, 3.63) is 4.91 Å². The van der Waals surface area contributed by atoms with E-state index in [9.17, 15) is 9.70 Å². The smallest absolute Gasteiger partial charge is 0.319 e. The minimum Gasteiger partial charge on any atom is -0.468 e. The molecule has 0 bridgehead atoms. The molecule has 0 unspecified atom stereocenters. The Labute approximate surface area is 89.5 Å². The van der Waals surface area contributed by atoms with Crippen LogP contribution >= 0.6 is 0 Å². The maximum absolute atomic E-state index is 11.0. The molecule has 5 heteroatoms. The molecule has 0 aromatic carbocycles. The van der Waals surface area contributed by atoms with Gasteiger partial charge in [-0.05, 0) is 12.8 Å². The highest BCUT2D eigenvalue weighted by atomic mass is 16.5. The number of methoxy groups -OCH3 is 1. The molecular formula is C10H18N2O3. The van der Waals surface area contributed by atoms with Crippen molar-refractivity contribution in [2.75, 3.05) is 20.2 Å². The van der Waals surface area contributed by atoms with Crippen LogP contribution in [0, 0.1) is 4.91 Å². The summed E-state index contributed by atoms with van der Waals surface area (Å²) in [6, 6.07) is 0. The number of hydrogen-bond acceptors (Lipinski definition) is 5. The van der Waals surface area contributed by atoms with Gasteiger partial charge in [0.25, 0.3) is 0 Å².